The third kappa shape index (κ3) is 4.88. The molecule has 2 aromatic carbocycles. The minimum Gasteiger partial charge on any atom is -0.487 e. The van der Waals surface area contributed by atoms with Gasteiger partial charge in [0.25, 0.3) is 0 Å². The SMILES string of the molecule is Cc1ncc(CNc2ccc(C#N)cc2)c(CF)c1OCc1ccc(C#N)cc1. The molecule has 0 unspecified atom stereocenters. The first kappa shape index (κ1) is 19.9. The number of rotatable bonds is 7. The highest BCUT2D eigenvalue weighted by atomic mass is 19.1. The zero-order valence-corrected chi connectivity index (χ0v) is 15.9. The Kier molecular flexibility index (Phi) is 6.40. The molecule has 1 heterocycles. The zero-order valence-electron chi connectivity index (χ0n) is 15.9. The molecule has 0 aliphatic carbocycles. The molecule has 144 valence electrons. The van der Waals surface area contributed by atoms with Crippen molar-refractivity contribution in [3.05, 3.63) is 88.2 Å². The number of alkyl halides is 1. The number of aryl methyl sites for hydroxylation is 1. The van der Waals surface area contributed by atoms with Crippen LogP contribution in [0.5, 0.6) is 5.75 Å². The van der Waals surface area contributed by atoms with Crippen molar-refractivity contribution in [2.45, 2.75) is 26.7 Å². The molecular weight excluding hydrogens is 367 g/mol. The number of halogens is 1. The molecule has 3 rings (SSSR count). The first-order valence-corrected chi connectivity index (χ1v) is 9.03. The number of ether oxygens (including phenoxy) is 1. The number of nitrogens with one attached hydrogen (secondary N) is 1. The maximum atomic E-state index is 13.9. The molecule has 0 fully saturated rings. The summed E-state index contributed by atoms with van der Waals surface area (Å²) in [5, 5.41) is 21.0. The van der Waals surface area contributed by atoms with Gasteiger partial charge in [0, 0.05) is 24.0 Å². The Morgan fingerprint density at radius 2 is 1.62 bits per heavy atom. The van der Waals surface area contributed by atoms with E-state index in [9.17, 15) is 4.39 Å². The molecule has 0 atom stereocenters. The van der Waals surface area contributed by atoms with Crippen LogP contribution in [0.2, 0.25) is 0 Å². The molecule has 0 amide bonds. The number of hydrogen-bond donors (Lipinski definition) is 1. The van der Waals surface area contributed by atoms with E-state index in [1.54, 1.807) is 49.5 Å². The largest absolute Gasteiger partial charge is 0.487 e. The van der Waals surface area contributed by atoms with Gasteiger partial charge in [-0.25, -0.2) is 4.39 Å². The van der Waals surface area contributed by atoms with E-state index in [0.29, 0.717) is 40.2 Å². The third-order valence-corrected chi connectivity index (χ3v) is 4.50. The Bertz CT molecular complexity index is 1060. The second-order valence-corrected chi connectivity index (χ2v) is 6.45. The second-order valence-electron chi connectivity index (χ2n) is 6.45. The van der Waals surface area contributed by atoms with Crippen molar-refractivity contribution in [2.24, 2.45) is 0 Å². The lowest BCUT2D eigenvalue weighted by Crippen LogP contribution is -2.08. The molecular formula is C23H19FN4O. The Balaban J connectivity index is 1.74. The molecule has 0 bridgehead atoms. The second kappa shape index (κ2) is 9.34. The normalized spacial score (nSPS) is 10.1. The molecule has 0 spiro atoms. The Morgan fingerprint density at radius 1 is 1.00 bits per heavy atom. The maximum absolute atomic E-state index is 13.9. The average Bonchev–Trinajstić information content (AvgIpc) is 2.77. The third-order valence-electron chi connectivity index (χ3n) is 4.50. The molecule has 0 aliphatic rings. The van der Waals surface area contributed by atoms with Crippen molar-refractivity contribution in [1.29, 1.82) is 10.5 Å². The summed E-state index contributed by atoms with van der Waals surface area (Å²) in [6.07, 6.45) is 1.65. The zero-order chi connectivity index (χ0) is 20.6. The Hall–Kier alpha value is -3.90. The van der Waals surface area contributed by atoms with Gasteiger partial charge < -0.3 is 10.1 Å². The van der Waals surface area contributed by atoms with E-state index in [1.807, 2.05) is 12.1 Å². The number of benzene rings is 2. The summed E-state index contributed by atoms with van der Waals surface area (Å²) in [5.41, 5.74) is 4.66. The molecule has 29 heavy (non-hydrogen) atoms. The number of anilines is 1. The van der Waals surface area contributed by atoms with E-state index < -0.39 is 6.67 Å². The fraction of sp³-hybridized carbons (Fsp3) is 0.174. The van der Waals surface area contributed by atoms with Crippen molar-refractivity contribution in [2.75, 3.05) is 5.32 Å². The van der Waals surface area contributed by atoms with E-state index in [2.05, 4.69) is 22.4 Å². The molecule has 0 aliphatic heterocycles. The first-order chi connectivity index (χ1) is 14.1. The summed E-state index contributed by atoms with van der Waals surface area (Å²) in [7, 11) is 0. The number of aromatic nitrogens is 1. The van der Waals surface area contributed by atoms with Crippen molar-refractivity contribution >= 4 is 5.69 Å². The van der Waals surface area contributed by atoms with Gasteiger partial charge in [-0.1, -0.05) is 12.1 Å². The number of hydrogen-bond acceptors (Lipinski definition) is 5. The van der Waals surface area contributed by atoms with Gasteiger partial charge in [0.1, 0.15) is 19.0 Å². The molecule has 0 saturated carbocycles. The van der Waals surface area contributed by atoms with Gasteiger partial charge in [-0.05, 0) is 54.4 Å². The van der Waals surface area contributed by atoms with Crippen molar-refractivity contribution < 1.29 is 9.13 Å². The van der Waals surface area contributed by atoms with Crippen LogP contribution in [-0.2, 0) is 19.8 Å². The molecule has 0 saturated heterocycles. The average molecular weight is 386 g/mol. The Morgan fingerprint density at radius 3 is 2.21 bits per heavy atom. The highest BCUT2D eigenvalue weighted by molar-refractivity contribution is 5.49. The monoisotopic (exact) mass is 386 g/mol. The summed E-state index contributed by atoms with van der Waals surface area (Å²) in [6.45, 7) is 1.75. The number of nitrogens with zero attached hydrogens (tertiary/aromatic N) is 3. The van der Waals surface area contributed by atoms with Crippen LogP contribution in [0.1, 0.15) is 33.5 Å². The lowest BCUT2D eigenvalue weighted by atomic mass is 10.1. The van der Waals surface area contributed by atoms with E-state index in [1.165, 1.54) is 0 Å². The lowest BCUT2D eigenvalue weighted by molar-refractivity contribution is 0.293. The summed E-state index contributed by atoms with van der Waals surface area (Å²) in [6, 6.07) is 18.3. The predicted octanol–water partition coefficient (Wildman–Crippen LogP) is 4.79. The highest BCUT2D eigenvalue weighted by Crippen LogP contribution is 2.28. The summed E-state index contributed by atoms with van der Waals surface area (Å²) < 4.78 is 19.8. The molecule has 1 N–H and O–H groups in total. The fourth-order valence-electron chi connectivity index (χ4n) is 2.86. The minimum absolute atomic E-state index is 0.258. The van der Waals surface area contributed by atoms with Gasteiger partial charge in [-0.3, -0.25) is 4.98 Å². The smallest absolute Gasteiger partial charge is 0.147 e. The van der Waals surface area contributed by atoms with Gasteiger partial charge in [0.05, 0.1) is 29.0 Å². The quantitative estimate of drug-likeness (QED) is 0.631. The minimum atomic E-state index is -0.670. The number of nitriles is 2. The van der Waals surface area contributed by atoms with Gasteiger partial charge in [-0.2, -0.15) is 10.5 Å². The van der Waals surface area contributed by atoms with Crippen LogP contribution >= 0.6 is 0 Å². The van der Waals surface area contributed by atoms with Crippen LogP contribution in [0.25, 0.3) is 0 Å². The van der Waals surface area contributed by atoms with Crippen molar-refractivity contribution in [1.82, 2.24) is 4.98 Å². The van der Waals surface area contributed by atoms with E-state index in [0.717, 1.165) is 11.3 Å². The summed E-state index contributed by atoms with van der Waals surface area (Å²) in [4.78, 5) is 4.35. The van der Waals surface area contributed by atoms with Gasteiger partial charge in [-0.15, -0.1) is 0 Å². The predicted molar refractivity (Wildman–Crippen MR) is 108 cm³/mol. The Labute approximate surface area is 169 Å². The maximum Gasteiger partial charge on any atom is 0.147 e. The van der Waals surface area contributed by atoms with Crippen molar-refractivity contribution in [3.8, 4) is 17.9 Å². The van der Waals surface area contributed by atoms with E-state index in [-0.39, 0.29) is 6.61 Å². The molecule has 0 radical (unpaired) electrons. The fourth-order valence-corrected chi connectivity index (χ4v) is 2.86. The topological polar surface area (TPSA) is 81.7 Å². The molecule has 1 aromatic heterocycles. The lowest BCUT2D eigenvalue weighted by Gasteiger charge is -2.16. The van der Waals surface area contributed by atoms with Crippen molar-refractivity contribution in [3.63, 3.8) is 0 Å². The van der Waals surface area contributed by atoms with Crippen LogP contribution in [0.4, 0.5) is 10.1 Å². The summed E-state index contributed by atoms with van der Waals surface area (Å²) in [5.74, 6) is 0.441. The van der Waals surface area contributed by atoms with Crippen LogP contribution < -0.4 is 10.1 Å². The van der Waals surface area contributed by atoms with Crippen LogP contribution in [-0.4, -0.2) is 4.98 Å². The molecule has 6 heteroatoms. The number of pyridine rings is 1. The van der Waals surface area contributed by atoms with Crippen LogP contribution in [0, 0.1) is 29.6 Å². The highest BCUT2D eigenvalue weighted by Gasteiger charge is 2.14. The van der Waals surface area contributed by atoms with Gasteiger partial charge in [0.15, 0.2) is 0 Å². The summed E-state index contributed by atoms with van der Waals surface area (Å²) >= 11 is 0. The molecule has 3 aromatic rings. The van der Waals surface area contributed by atoms with Crippen LogP contribution in [0.15, 0.2) is 54.7 Å². The van der Waals surface area contributed by atoms with Crippen LogP contribution in [0.3, 0.4) is 0 Å². The van der Waals surface area contributed by atoms with Gasteiger partial charge >= 0.3 is 0 Å². The van der Waals surface area contributed by atoms with E-state index in [4.69, 9.17) is 15.3 Å². The standard InChI is InChI=1S/C23H19FN4O/c1-16-23(29-15-19-4-2-17(11-25)3-5-19)22(10-24)20(13-27-16)14-28-21-8-6-18(12-26)7-9-21/h2-9,13,28H,10,14-15H2,1H3. The first-order valence-electron chi connectivity index (χ1n) is 9.03. The van der Waals surface area contributed by atoms with Gasteiger partial charge in [0.2, 0.25) is 0 Å². The molecule has 5 nitrogen and oxygen atoms in total. The van der Waals surface area contributed by atoms with E-state index >= 15 is 0 Å².